The van der Waals surface area contributed by atoms with Crippen molar-refractivity contribution in [2.75, 3.05) is 31.5 Å². The fourth-order valence-corrected chi connectivity index (χ4v) is 3.69. The van der Waals surface area contributed by atoms with Crippen LogP contribution in [0.25, 0.3) is 0 Å². The van der Waals surface area contributed by atoms with Gasteiger partial charge in [-0.3, -0.25) is 14.5 Å². The van der Waals surface area contributed by atoms with E-state index in [0.717, 1.165) is 26.2 Å². The molecule has 1 aliphatic heterocycles. The molecule has 2 aromatic heterocycles. The van der Waals surface area contributed by atoms with Crippen LogP contribution in [0.15, 0.2) is 36.8 Å². The molecule has 3 aromatic rings. The van der Waals surface area contributed by atoms with Gasteiger partial charge >= 0.3 is 0 Å². The molecule has 0 radical (unpaired) electrons. The van der Waals surface area contributed by atoms with Crippen molar-refractivity contribution in [1.82, 2.24) is 25.2 Å². The van der Waals surface area contributed by atoms with Crippen molar-refractivity contribution in [3.63, 3.8) is 0 Å². The number of nitrogens with zero attached hydrogens (tertiary/aromatic N) is 3. The van der Waals surface area contributed by atoms with Crippen molar-refractivity contribution in [1.29, 1.82) is 0 Å². The number of piperazine rings is 1. The van der Waals surface area contributed by atoms with E-state index >= 15 is 0 Å². The molecule has 1 amide bonds. The number of ketones is 1. The molecule has 4 rings (SSSR count). The number of anilines is 1. The SMILES string of the molecule is O=C(Nc1cnc(CN2CCNCC2)nc1)c1cc(C(=O)c2c(Cl)ccc(Cl)c2F)c[nH]1. The Balaban J connectivity index is 1.42. The number of amides is 1. The van der Waals surface area contributed by atoms with Gasteiger partial charge in [0, 0.05) is 37.9 Å². The van der Waals surface area contributed by atoms with Crippen LogP contribution in [0.4, 0.5) is 10.1 Å². The highest BCUT2D eigenvalue weighted by atomic mass is 35.5. The number of aromatic nitrogens is 3. The van der Waals surface area contributed by atoms with Gasteiger partial charge in [-0.1, -0.05) is 23.2 Å². The third-order valence-corrected chi connectivity index (χ3v) is 5.61. The Morgan fingerprint density at radius 1 is 1.12 bits per heavy atom. The fraction of sp³-hybridized carbons (Fsp3) is 0.238. The summed E-state index contributed by atoms with van der Waals surface area (Å²) in [5.74, 6) is -1.43. The minimum Gasteiger partial charge on any atom is -0.356 e. The lowest BCUT2D eigenvalue weighted by Gasteiger charge is -2.26. The monoisotopic (exact) mass is 476 g/mol. The van der Waals surface area contributed by atoms with Crippen LogP contribution >= 0.6 is 23.2 Å². The second-order valence-corrected chi connectivity index (χ2v) is 8.03. The molecule has 1 fully saturated rings. The van der Waals surface area contributed by atoms with Crippen LogP contribution < -0.4 is 10.6 Å². The maximum Gasteiger partial charge on any atom is 0.272 e. The summed E-state index contributed by atoms with van der Waals surface area (Å²) in [7, 11) is 0. The number of aromatic amines is 1. The van der Waals surface area contributed by atoms with Crippen molar-refractivity contribution in [2.45, 2.75) is 6.54 Å². The van der Waals surface area contributed by atoms with E-state index < -0.39 is 17.5 Å². The van der Waals surface area contributed by atoms with E-state index in [1.165, 1.54) is 36.8 Å². The highest BCUT2D eigenvalue weighted by Gasteiger charge is 2.22. The van der Waals surface area contributed by atoms with Gasteiger partial charge in [-0.2, -0.15) is 0 Å². The molecule has 0 aliphatic carbocycles. The molecule has 11 heteroatoms. The molecule has 3 heterocycles. The van der Waals surface area contributed by atoms with Gasteiger partial charge in [0.05, 0.1) is 40.2 Å². The van der Waals surface area contributed by atoms with Gasteiger partial charge in [-0.15, -0.1) is 0 Å². The normalized spacial score (nSPS) is 14.3. The summed E-state index contributed by atoms with van der Waals surface area (Å²) < 4.78 is 14.3. The average molecular weight is 477 g/mol. The molecule has 0 bridgehead atoms. The molecule has 8 nitrogen and oxygen atoms in total. The van der Waals surface area contributed by atoms with Crippen molar-refractivity contribution >= 4 is 40.6 Å². The van der Waals surface area contributed by atoms with E-state index in [2.05, 4.69) is 30.5 Å². The van der Waals surface area contributed by atoms with E-state index in [0.29, 0.717) is 18.1 Å². The zero-order chi connectivity index (χ0) is 22.7. The lowest BCUT2D eigenvalue weighted by molar-refractivity contribution is 0.102. The standard InChI is InChI=1S/C21H19Cl2FN6O2/c22-14-1-2-15(23)19(24)18(14)20(31)12-7-16(26-8-12)21(32)29-13-9-27-17(28-10-13)11-30-5-3-25-4-6-30/h1-2,7-10,25-26H,3-6,11H2,(H,29,32). The zero-order valence-corrected chi connectivity index (χ0v) is 18.3. The predicted octanol–water partition coefficient (Wildman–Crippen LogP) is 3.14. The molecular weight excluding hydrogens is 458 g/mol. The Hall–Kier alpha value is -2.85. The van der Waals surface area contributed by atoms with Crippen molar-refractivity contribution < 1.29 is 14.0 Å². The summed E-state index contributed by atoms with van der Waals surface area (Å²) in [5, 5.41) is 5.67. The second kappa shape index (κ2) is 9.74. The van der Waals surface area contributed by atoms with Crippen molar-refractivity contribution in [3.8, 4) is 0 Å². The first kappa shape index (κ1) is 22.3. The maximum atomic E-state index is 14.3. The lowest BCUT2D eigenvalue weighted by Crippen LogP contribution is -2.43. The van der Waals surface area contributed by atoms with Crippen LogP contribution in [-0.4, -0.2) is 57.7 Å². The van der Waals surface area contributed by atoms with Gasteiger partial charge in [-0.25, -0.2) is 14.4 Å². The van der Waals surface area contributed by atoms with Crippen molar-refractivity contribution in [3.05, 3.63) is 75.3 Å². The topological polar surface area (TPSA) is 103 Å². The highest BCUT2D eigenvalue weighted by Crippen LogP contribution is 2.28. The molecule has 1 saturated heterocycles. The summed E-state index contributed by atoms with van der Waals surface area (Å²) >= 11 is 11.7. The number of nitrogens with one attached hydrogen (secondary N) is 3. The first-order valence-electron chi connectivity index (χ1n) is 9.84. The summed E-state index contributed by atoms with van der Waals surface area (Å²) in [6.07, 6.45) is 4.36. The number of rotatable bonds is 6. The number of hydrogen-bond donors (Lipinski definition) is 3. The highest BCUT2D eigenvalue weighted by molar-refractivity contribution is 6.37. The second-order valence-electron chi connectivity index (χ2n) is 7.22. The number of H-pyrrole nitrogens is 1. The number of carbonyl (C=O) groups is 2. The quantitative estimate of drug-likeness (QED) is 0.373. The molecule has 0 atom stereocenters. The van der Waals surface area contributed by atoms with Gasteiger partial charge in [0.25, 0.3) is 5.91 Å². The van der Waals surface area contributed by atoms with Gasteiger partial charge in [0.2, 0.25) is 0 Å². The van der Waals surface area contributed by atoms with E-state index in [-0.39, 0.29) is 26.9 Å². The summed E-state index contributed by atoms with van der Waals surface area (Å²) in [6.45, 7) is 4.37. The summed E-state index contributed by atoms with van der Waals surface area (Å²) in [4.78, 5) is 38.8. The molecule has 32 heavy (non-hydrogen) atoms. The Bertz CT molecular complexity index is 1150. The van der Waals surface area contributed by atoms with Gasteiger partial charge in [-0.05, 0) is 18.2 Å². The Morgan fingerprint density at radius 2 is 1.81 bits per heavy atom. The summed E-state index contributed by atoms with van der Waals surface area (Å²) in [6, 6.07) is 3.92. The molecular formula is C21H19Cl2FN6O2. The molecule has 0 unspecified atom stereocenters. The fourth-order valence-electron chi connectivity index (χ4n) is 3.30. The Morgan fingerprint density at radius 3 is 2.53 bits per heavy atom. The molecule has 3 N–H and O–H groups in total. The first-order chi connectivity index (χ1) is 15.4. The largest absolute Gasteiger partial charge is 0.356 e. The predicted molar refractivity (Wildman–Crippen MR) is 119 cm³/mol. The first-order valence-corrected chi connectivity index (χ1v) is 10.6. The van der Waals surface area contributed by atoms with Crippen LogP contribution in [0.5, 0.6) is 0 Å². The lowest BCUT2D eigenvalue weighted by atomic mass is 10.0. The van der Waals surface area contributed by atoms with Gasteiger partial charge in [0.15, 0.2) is 11.6 Å². The van der Waals surface area contributed by atoms with Crippen LogP contribution in [0.1, 0.15) is 32.2 Å². The van der Waals surface area contributed by atoms with E-state index in [1.54, 1.807) is 0 Å². The average Bonchev–Trinajstić information content (AvgIpc) is 3.29. The third-order valence-electron chi connectivity index (χ3n) is 5.00. The van der Waals surface area contributed by atoms with Crippen molar-refractivity contribution in [2.24, 2.45) is 0 Å². The third kappa shape index (κ3) is 4.97. The molecule has 0 spiro atoms. The van der Waals surface area contributed by atoms with Crippen LogP contribution in [-0.2, 0) is 6.54 Å². The number of benzene rings is 1. The summed E-state index contributed by atoms with van der Waals surface area (Å²) in [5.41, 5.74) is 0.238. The zero-order valence-electron chi connectivity index (χ0n) is 16.8. The van der Waals surface area contributed by atoms with Crippen LogP contribution in [0.3, 0.4) is 0 Å². The van der Waals surface area contributed by atoms with E-state index in [4.69, 9.17) is 23.2 Å². The van der Waals surface area contributed by atoms with Crippen LogP contribution in [0, 0.1) is 5.82 Å². The molecule has 166 valence electrons. The Labute approximate surface area is 193 Å². The molecule has 1 aliphatic rings. The number of carbonyl (C=O) groups excluding carboxylic acids is 2. The van der Waals surface area contributed by atoms with Gasteiger partial charge < -0.3 is 15.6 Å². The number of halogens is 3. The molecule has 1 aromatic carbocycles. The smallest absolute Gasteiger partial charge is 0.272 e. The molecule has 0 saturated carbocycles. The minimum absolute atomic E-state index is 0.0674. The van der Waals surface area contributed by atoms with E-state index in [9.17, 15) is 14.0 Å². The number of hydrogen-bond acceptors (Lipinski definition) is 6. The van der Waals surface area contributed by atoms with Gasteiger partial charge in [0.1, 0.15) is 11.5 Å². The van der Waals surface area contributed by atoms with E-state index in [1.807, 2.05) is 0 Å². The Kier molecular flexibility index (Phi) is 6.80. The van der Waals surface area contributed by atoms with Crippen LogP contribution in [0.2, 0.25) is 10.0 Å². The maximum absolute atomic E-state index is 14.3. The minimum atomic E-state index is -0.908.